The minimum atomic E-state index is -1.02. The van der Waals surface area contributed by atoms with Gasteiger partial charge in [0.2, 0.25) is 11.6 Å². The van der Waals surface area contributed by atoms with E-state index in [-0.39, 0.29) is 6.04 Å². The van der Waals surface area contributed by atoms with Crippen LogP contribution in [-0.4, -0.2) is 39.8 Å². The molecule has 3 aromatic rings. The SMILES string of the molecule is [C-]#[N+]c1ccc([C@@H](C)n2c(N3CC[C@@H](F)[C@H](N)C3)nc3cc([N+]#[C-])ccc32)nc1. The van der Waals surface area contributed by atoms with Gasteiger partial charge in [-0.15, -0.1) is 0 Å². The topological polar surface area (TPSA) is 68.7 Å². The third-order valence-corrected chi connectivity index (χ3v) is 5.35. The number of fused-ring (bicyclic) bond motifs is 1. The first-order valence-electron chi connectivity index (χ1n) is 9.39. The van der Waals surface area contributed by atoms with Crippen LogP contribution in [0.15, 0.2) is 36.5 Å². The second-order valence-corrected chi connectivity index (χ2v) is 7.21. The lowest BCUT2D eigenvalue weighted by Gasteiger charge is -2.34. The van der Waals surface area contributed by atoms with Crippen LogP contribution in [0, 0.1) is 13.1 Å². The number of imidazole rings is 1. The molecule has 29 heavy (non-hydrogen) atoms. The highest BCUT2D eigenvalue weighted by Gasteiger charge is 2.30. The predicted octanol–water partition coefficient (Wildman–Crippen LogP) is 4.02. The normalized spacial score (nSPS) is 20.2. The van der Waals surface area contributed by atoms with E-state index in [9.17, 15) is 4.39 Å². The Labute approximate surface area is 168 Å². The molecule has 8 heteroatoms. The molecule has 1 aliphatic heterocycles. The van der Waals surface area contributed by atoms with Crippen molar-refractivity contribution in [3.63, 3.8) is 0 Å². The number of pyridine rings is 1. The molecular weight excluding hydrogens is 369 g/mol. The number of nitrogens with two attached hydrogens (primary N) is 1. The smallest absolute Gasteiger partial charge is 0.207 e. The van der Waals surface area contributed by atoms with Crippen molar-refractivity contribution in [3.8, 4) is 0 Å². The quantitative estimate of drug-likeness (QED) is 0.687. The second kappa shape index (κ2) is 7.50. The van der Waals surface area contributed by atoms with Crippen molar-refractivity contribution in [1.82, 2.24) is 14.5 Å². The molecule has 7 nitrogen and oxygen atoms in total. The fourth-order valence-corrected chi connectivity index (χ4v) is 3.73. The molecule has 0 radical (unpaired) electrons. The van der Waals surface area contributed by atoms with Crippen LogP contribution in [0.2, 0.25) is 0 Å². The summed E-state index contributed by atoms with van der Waals surface area (Å²) in [6.07, 6.45) is 0.890. The summed E-state index contributed by atoms with van der Waals surface area (Å²) in [6.45, 7) is 17.3. The average molecular weight is 389 g/mol. The van der Waals surface area contributed by atoms with Crippen LogP contribution >= 0.6 is 0 Å². The van der Waals surface area contributed by atoms with E-state index >= 15 is 0 Å². The first-order valence-corrected chi connectivity index (χ1v) is 9.39. The molecule has 0 unspecified atom stereocenters. The van der Waals surface area contributed by atoms with Crippen molar-refractivity contribution in [2.24, 2.45) is 5.73 Å². The van der Waals surface area contributed by atoms with Gasteiger partial charge in [-0.05, 0) is 31.5 Å². The van der Waals surface area contributed by atoms with E-state index in [1.54, 1.807) is 24.4 Å². The number of piperidine rings is 1. The maximum atomic E-state index is 13.9. The highest BCUT2D eigenvalue weighted by molar-refractivity contribution is 5.83. The zero-order valence-corrected chi connectivity index (χ0v) is 16.0. The number of anilines is 1. The number of hydrogen-bond donors (Lipinski definition) is 1. The summed E-state index contributed by atoms with van der Waals surface area (Å²) in [5.74, 6) is 0.688. The largest absolute Gasteiger partial charge is 0.340 e. The number of halogens is 1. The van der Waals surface area contributed by atoms with Crippen LogP contribution in [-0.2, 0) is 0 Å². The summed E-state index contributed by atoms with van der Waals surface area (Å²) >= 11 is 0. The highest BCUT2D eigenvalue weighted by Crippen LogP contribution is 2.33. The van der Waals surface area contributed by atoms with Crippen molar-refractivity contribution >= 4 is 28.4 Å². The summed E-state index contributed by atoms with van der Waals surface area (Å²) < 4.78 is 16.0. The number of hydrogen-bond acceptors (Lipinski definition) is 4. The van der Waals surface area contributed by atoms with E-state index in [0.29, 0.717) is 42.4 Å². The van der Waals surface area contributed by atoms with Crippen LogP contribution < -0.4 is 10.6 Å². The predicted molar refractivity (Wildman–Crippen MR) is 110 cm³/mol. The van der Waals surface area contributed by atoms with Crippen molar-refractivity contribution < 1.29 is 4.39 Å². The minimum Gasteiger partial charge on any atom is -0.340 e. The van der Waals surface area contributed by atoms with Crippen LogP contribution in [0.4, 0.5) is 21.7 Å². The Kier molecular flexibility index (Phi) is 4.87. The van der Waals surface area contributed by atoms with Gasteiger partial charge in [0.15, 0.2) is 5.69 Å². The van der Waals surface area contributed by atoms with Crippen molar-refractivity contribution in [1.29, 1.82) is 0 Å². The molecule has 0 amide bonds. The molecule has 2 aromatic heterocycles. The first-order chi connectivity index (χ1) is 14.0. The Balaban J connectivity index is 1.83. The molecular formula is C21H20FN7. The monoisotopic (exact) mass is 389 g/mol. The Hall–Kier alpha value is -3.49. The fourth-order valence-electron chi connectivity index (χ4n) is 3.73. The van der Waals surface area contributed by atoms with Gasteiger partial charge in [0.25, 0.3) is 0 Å². The zero-order valence-electron chi connectivity index (χ0n) is 16.0. The lowest BCUT2D eigenvalue weighted by molar-refractivity contribution is 0.243. The van der Waals surface area contributed by atoms with Gasteiger partial charge in [0.05, 0.1) is 42.0 Å². The van der Waals surface area contributed by atoms with Gasteiger partial charge in [0.1, 0.15) is 6.17 Å². The Morgan fingerprint density at radius 1 is 1.21 bits per heavy atom. The molecule has 1 aliphatic rings. The Morgan fingerprint density at radius 2 is 1.97 bits per heavy atom. The molecule has 0 aliphatic carbocycles. The molecule has 146 valence electrons. The van der Waals surface area contributed by atoms with E-state index in [1.807, 2.05) is 28.5 Å². The van der Waals surface area contributed by atoms with Crippen LogP contribution in [0.1, 0.15) is 25.1 Å². The average Bonchev–Trinajstić information content (AvgIpc) is 3.13. The van der Waals surface area contributed by atoms with Gasteiger partial charge in [-0.25, -0.2) is 19.1 Å². The van der Waals surface area contributed by atoms with E-state index < -0.39 is 12.2 Å². The summed E-state index contributed by atoms with van der Waals surface area (Å²) in [6, 6.07) is 8.23. The van der Waals surface area contributed by atoms with E-state index in [0.717, 1.165) is 11.2 Å². The minimum absolute atomic E-state index is 0.173. The molecule has 2 N–H and O–H groups in total. The maximum Gasteiger partial charge on any atom is 0.207 e. The van der Waals surface area contributed by atoms with E-state index in [4.69, 9.17) is 23.9 Å². The van der Waals surface area contributed by atoms with Gasteiger partial charge in [-0.2, -0.15) is 0 Å². The van der Waals surface area contributed by atoms with Crippen molar-refractivity contribution in [3.05, 3.63) is 65.1 Å². The lowest BCUT2D eigenvalue weighted by atomic mass is 10.1. The van der Waals surface area contributed by atoms with E-state index in [2.05, 4.69) is 14.7 Å². The Morgan fingerprint density at radius 3 is 2.62 bits per heavy atom. The Bertz CT molecular complexity index is 1120. The van der Waals surface area contributed by atoms with Gasteiger partial charge in [0, 0.05) is 19.3 Å². The molecule has 0 spiro atoms. The molecule has 0 saturated carbocycles. The van der Waals surface area contributed by atoms with Crippen molar-refractivity contribution in [2.45, 2.75) is 31.6 Å². The third kappa shape index (κ3) is 3.39. The molecule has 1 fully saturated rings. The van der Waals surface area contributed by atoms with Crippen LogP contribution in [0.5, 0.6) is 0 Å². The van der Waals surface area contributed by atoms with Crippen molar-refractivity contribution in [2.75, 3.05) is 18.0 Å². The molecule has 1 aromatic carbocycles. The third-order valence-electron chi connectivity index (χ3n) is 5.35. The standard InChI is InChI=1S/C21H20FN7/c1-13(18-6-4-15(25-3)11-26-18)29-20-7-5-14(24-2)10-19(20)27-21(29)28-9-8-16(22)17(23)12-28/h4-7,10-11,13,16-17H,8-9,12,23H2,1H3/t13-,16-,17-/m1/s1. The zero-order chi connectivity index (χ0) is 20.5. The highest BCUT2D eigenvalue weighted by atomic mass is 19.1. The summed E-state index contributed by atoms with van der Waals surface area (Å²) in [5.41, 5.74) is 9.34. The number of benzene rings is 1. The van der Waals surface area contributed by atoms with Crippen LogP contribution in [0.25, 0.3) is 20.7 Å². The summed E-state index contributed by atoms with van der Waals surface area (Å²) in [4.78, 5) is 18.1. The molecule has 3 heterocycles. The molecule has 0 bridgehead atoms. The maximum absolute atomic E-state index is 13.9. The number of aromatic nitrogens is 3. The fraction of sp³-hybridized carbons (Fsp3) is 0.333. The number of rotatable bonds is 3. The van der Waals surface area contributed by atoms with Gasteiger partial charge < -0.3 is 15.2 Å². The number of nitrogens with zero attached hydrogens (tertiary/aromatic N) is 6. The van der Waals surface area contributed by atoms with Crippen LogP contribution in [0.3, 0.4) is 0 Å². The molecule has 4 rings (SSSR count). The lowest BCUT2D eigenvalue weighted by Crippen LogP contribution is -2.50. The van der Waals surface area contributed by atoms with E-state index in [1.165, 1.54) is 0 Å². The van der Waals surface area contributed by atoms with Gasteiger partial charge in [-0.1, -0.05) is 12.1 Å². The van der Waals surface area contributed by atoms with Gasteiger partial charge in [-0.3, -0.25) is 4.98 Å². The molecule has 1 saturated heterocycles. The first kappa shape index (κ1) is 18.9. The molecule has 3 atom stereocenters. The second-order valence-electron chi connectivity index (χ2n) is 7.21. The summed E-state index contributed by atoms with van der Waals surface area (Å²) in [5, 5.41) is 0. The number of alkyl halides is 1. The van der Waals surface area contributed by atoms with Gasteiger partial charge >= 0.3 is 0 Å². The summed E-state index contributed by atoms with van der Waals surface area (Å²) in [7, 11) is 0.